The minimum absolute atomic E-state index is 0.147. The van der Waals surface area contributed by atoms with Crippen LogP contribution in [0.25, 0.3) is 0 Å². The molecule has 0 aliphatic carbocycles. The highest BCUT2D eigenvalue weighted by atomic mass is 32.1. The molecule has 0 aliphatic rings. The molecule has 0 aromatic carbocycles. The van der Waals surface area contributed by atoms with Crippen molar-refractivity contribution in [2.45, 2.75) is 52.3 Å². The minimum Gasteiger partial charge on any atom is -0.374 e. The Labute approximate surface area is 102 Å². The molecule has 0 radical (unpaired) electrons. The standard InChI is InChI=1S/C12H22N2OS/c1-6-10(15-5)11-13-7-9(16-11)8-14-12(2,3)4/h7,10,14H,6,8H2,1-5H3. The quantitative estimate of drug-likeness (QED) is 0.861. The number of nitrogens with one attached hydrogen (secondary N) is 1. The molecule has 1 atom stereocenters. The fourth-order valence-electron chi connectivity index (χ4n) is 1.35. The van der Waals surface area contributed by atoms with E-state index < -0.39 is 0 Å². The zero-order valence-electron chi connectivity index (χ0n) is 10.8. The molecule has 1 unspecified atom stereocenters. The van der Waals surface area contributed by atoms with Crippen LogP contribution in [0.2, 0.25) is 0 Å². The van der Waals surface area contributed by atoms with Crippen LogP contribution in [0, 0.1) is 0 Å². The van der Waals surface area contributed by atoms with Gasteiger partial charge < -0.3 is 10.1 Å². The van der Waals surface area contributed by atoms with Gasteiger partial charge in [0.15, 0.2) is 0 Å². The van der Waals surface area contributed by atoms with Gasteiger partial charge in [-0.15, -0.1) is 11.3 Å². The van der Waals surface area contributed by atoms with Gasteiger partial charge in [-0.05, 0) is 27.2 Å². The number of ether oxygens (including phenoxy) is 1. The maximum Gasteiger partial charge on any atom is 0.122 e. The molecule has 1 N–H and O–H groups in total. The first kappa shape index (κ1) is 13.6. The molecule has 16 heavy (non-hydrogen) atoms. The second-order valence-corrected chi connectivity index (χ2v) is 6.05. The summed E-state index contributed by atoms with van der Waals surface area (Å²) in [5.74, 6) is 0. The Morgan fingerprint density at radius 2 is 2.19 bits per heavy atom. The predicted molar refractivity (Wildman–Crippen MR) is 68.7 cm³/mol. The normalized spacial score (nSPS) is 14.1. The fourth-order valence-corrected chi connectivity index (χ4v) is 2.37. The number of nitrogens with zero attached hydrogens (tertiary/aromatic N) is 1. The molecule has 1 rings (SSSR count). The number of hydrogen-bond donors (Lipinski definition) is 1. The van der Waals surface area contributed by atoms with Crippen LogP contribution in [-0.4, -0.2) is 17.6 Å². The van der Waals surface area contributed by atoms with Gasteiger partial charge in [0.2, 0.25) is 0 Å². The van der Waals surface area contributed by atoms with Crippen molar-refractivity contribution in [2.75, 3.05) is 7.11 Å². The largest absolute Gasteiger partial charge is 0.374 e. The summed E-state index contributed by atoms with van der Waals surface area (Å²) in [7, 11) is 1.74. The van der Waals surface area contributed by atoms with Gasteiger partial charge in [-0.1, -0.05) is 6.92 Å². The summed E-state index contributed by atoms with van der Waals surface area (Å²) >= 11 is 1.73. The summed E-state index contributed by atoms with van der Waals surface area (Å²) in [5, 5.41) is 4.54. The minimum atomic E-state index is 0.147. The Hall–Kier alpha value is -0.450. The van der Waals surface area contributed by atoms with Crippen molar-refractivity contribution in [3.63, 3.8) is 0 Å². The van der Waals surface area contributed by atoms with Crippen LogP contribution >= 0.6 is 11.3 Å². The number of rotatable bonds is 5. The number of hydrogen-bond acceptors (Lipinski definition) is 4. The summed E-state index contributed by atoms with van der Waals surface area (Å²) in [5.41, 5.74) is 0.148. The molecule has 0 fully saturated rings. The highest BCUT2D eigenvalue weighted by Gasteiger charge is 2.14. The molecule has 0 bridgehead atoms. The highest BCUT2D eigenvalue weighted by Crippen LogP contribution is 2.25. The molecule has 0 saturated carbocycles. The summed E-state index contributed by atoms with van der Waals surface area (Å²) in [4.78, 5) is 5.68. The number of methoxy groups -OCH3 is 1. The molecule has 0 aliphatic heterocycles. The monoisotopic (exact) mass is 242 g/mol. The van der Waals surface area contributed by atoms with E-state index in [9.17, 15) is 0 Å². The van der Waals surface area contributed by atoms with E-state index >= 15 is 0 Å². The first-order valence-electron chi connectivity index (χ1n) is 5.68. The first-order valence-corrected chi connectivity index (χ1v) is 6.50. The molecule has 0 spiro atoms. The molecular formula is C12H22N2OS. The van der Waals surface area contributed by atoms with E-state index in [1.54, 1.807) is 18.4 Å². The summed E-state index contributed by atoms with van der Waals surface area (Å²) in [6, 6.07) is 0. The summed E-state index contributed by atoms with van der Waals surface area (Å²) in [6.07, 6.45) is 3.06. The Kier molecular flexibility index (Phi) is 4.89. The van der Waals surface area contributed by atoms with Crippen LogP contribution in [0.3, 0.4) is 0 Å². The Bertz CT molecular complexity index is 313. The number of aromatic nitrogens is 1. The SMILES string of the molecule is CCC(OC)c1ncc(CNC(C)(C)C)s1. The lowest BCUT2D eigenvalue weighted by Crippen LogP contribution is -2.34. The Balaban J connectivity index is 2.58. The van der Waals surface area contributed by atoms with Crippen LogP contribution < -0.4 is 5.32 Å². The van der Waals surface area contributed by atoms with Crippen LogP contribution in [0.15, 0.2) is 6.20 Å². The maximum atomic E-state index is 5.37. The smallest absolute Gasteiger partial charge is 0.122 e. The highest BCUT2D eigenvalue weighted by molar-refractivity contribution is 7.11. The van der Waals surface area contributed by atoms with Crippen molar-refractivity contribution in [2.24, 2.45) is 0 Å². The van der Waals surface area contributed by atoms with Gasteiger partial charge in [0.1, 0.15) is 11.1 Å². The summed E-state index contributed by atoms with van der Waals surface area (Å²) < 4.78 is 5.37. The molecule has 3 nitrogen and oxygen atoms in total. The average molecular weight is 242 g/mol. The second kappa shape index (κ2) is 5.75. The van der Waals surface area contributed by atoms with Crippen LogP contribution in [0.4, 0.5) is 0 Å². The van der Waals surface area contributed by atoms with E-state index in [2.05, 4.69) is 38.0 Å². The van der Waals surface area contributed by atoms with Crippen LogP contribution in [0.1, 0.15) is 50.1 Å². The zero-order valence-corrected chi connectivity index (χ0v) is 11.6. The van der Waals surface area contributed by atoms with Gasteiger partial charge in [0.05, 0.1) is 0 Å². The second-order valence-electron chi connectivity index (χ2n) is 4.90. The van der Waals surface area contributed by atoms with Gasteiger partial charge in [-0.25, -0.2) is 4.98 Å². The third-order valence-corrected chi connectivity index (χ3v) is 3.38. The lowest BCUT2D eigenvalue weighted by molar-refractivity contribution is 0.0998. The van der Waals surface area contributed by atoms with E-state index in [1.165, 1.54) is 4.88 Å². The third-order valence-electron chi connectivity index (χ3n) is 2.30. The van der Waals surface area contributed by atoms with Crippen molar-refractivity contribution in [3.05, 3.63) is 16.1 Å². The predicted octanol–water partition coefficient (Wildman–Crippen LogP) is 3.13. The van der Waals surface area contributed by atoms with Crippen molar-refractivity contribution in [1.82, 2.24) is 10.3 Å². The average Bonchev–Trinajstić information content (AvgIpc) is 2.65. The van der Waals surface area contributed by atoms with E-state index in [4.69, 9.17) is 4.74 Å². The topological polar surface area (TPSA) is 34.1 Å². The number of thiazole rings is 1. The van der Waals surface area contributed by atoms with E-state index in [-0.39, 0.29) is 11.6 Å². The Morgan fingerprint density at radius 3 is 2.69 bits per heavy atom. The van der Waals surface area contributed by atoms with E-state index in [1.807, 2.05) is 6.20 Å². The van der Waals surface area contributed by atoms with Gasteiger partial charge in [0.25, 0.3) is 0 Å². The maximum absolute atomic E-state index is 5.37. The van der Waals surface area contributed by atoms with Gasteiger partial charge >= 0.3 is 0 Å². The zero-order chi connectivity index (χ0) is 12.2. The lowest BCUT2D eigenvalue weighted by Gasteiger charge is -2.19. The molecule has 92 valence electrons. The fraction of sp³-hybridized carbons (Fsp3) is 0.750. The summed E-state index contributed by atoms with van der Waals surface area (Å²) in [6.45, 7) is 9.49. The van der Waals surface area contributed by atoms with Crippen molar-refractivity contribution in [1.29, 1.82) is 0 Å². The van der Waals surface area contributed by atoms with Crippen LogP contribution in [0.5, 0.6) is 0 Å². The van der Waals surface area contributed by atoms with Crippen LogP contribution in [-0.2, 0) is 11.3 Å². The van der Waals surface area contributed by atoms with Crippen molar-refractivity contribution in [3.8, 4) is 0 Å². The van der Waals surface area contributed by atoms with Gasteiger partial charge in [0, 0.05) is 30.3 Å². The molecule has 4 heteroatoms. The molecule has 0 amide bonds. The van der Waals surface area contributed by atoms with Gasteiger partial charge in [-0.2, -0.15) is 0 Å². The molecular weight excluding hydrogens is 220 g/mol. The molecule has 1 heterocycles. The van der Waals surface area contributed by atoms with E-state index in [0.29, 0.717) is 0 Å². The molecule has 1 aromatic heterocycles. The van der Waals surface area contributed by atoms with Crippen molar-refractivity contribution >= 4 is 11.3 Å². The third kappa shape index (κ3) is 4.20. The lowest BCUT2D eigenvalue weighted by atomic mass is 10.1. The van der Waals surface area contributed by atoms with Gasteiger partial charge in [-0.3, -0.25) is 0 Å². The first-order chi connectivity index (χ1) is 7.46. The Morgan fingerprint density at radius 1 is 1.50 bits per heavy atom. The molecule has 0 saturated heterocycles. The van der Waals surface area contributed by atoms with E-state index in [0.717, 1.165) is 18.0 Å². The molecule has 1 aromatic rings. The van der Waals surface area contributed by atoms with Crippen molar-refractivity contribution < 1.29 is 4.74 Å².